The summed E-state index contributed by atoms with van der Waals surface area (Å²) in [6.45, 7) is 5.84. The van der Waals surface area contributed by atoms with Crippen molar-refractivity contribution in [3.05, 3.63) is 71.4 Å². The van der Waals surface area contributed by atoms with E-state index in [0.29, 0.717) is 11.7 Å². The number of nitrogens with zero attached hydrogens (tertiary/aromatic N) is 1. The van der Waals surface area contributed by atoms with Gasteiger partial charge in [0.2, 0.25) is 10.0 Å². The molecule has 2 aromatic heterocycles. The maximum Gasteiger partial charge on any atom is 0.240 e. The molecule has 4 aromatic rings. The second kappa shape index (κ2) is 6.92. The smallest absolute Gasteiger partial charge is 0.240 e. The van der Waals surface area contributed by atoms with Gasteiger partial charge < -0.3 is 9.40 Å². The number of aryl methyl sites for hydroxylation is 3. The van der Waals surface area contributed by atoms with Gasteiger partial charge in [0.25, 0.3) is 0 Å². The number of rotatable bonds is 5. The number of H-pyrrole nitrogens is 1. The van der Waals surface area contributed by atoms with Crippen molar-refractivity contribution in [2.75, 3.05) is 0 Å². The van der Waals surface area contributed by atoms with Crippen molar-refractivity contribution in [3.8, 4) is 11.3 Å². The van der Waals surface area contributed by atoms with Gasteiger partial charge in [-0.2, -0.15) is 0 Å². The third-order valence-corrected chi connectivity index (χ3v) is 6.04. The molecule has 7 heteroatoms. The number of fused-ring (bicyclic) bond motifs is 1. The summed E-state index contributed by atoms with van der Waals surface area (Å²) in [7, 11) is -3.61. The quantitative estimate of drug-likeness (QED) is 0.529. The molecule has 144 valence electrons. The van der Waals surface area contributed by atoms with Gasteiger partial charge in [-0.15, -0.1) is 0 Å². The van der Waals surface area contributed by atoms with E-state index < -0.39 is 10.0 Å². The summed E-state index contributed by atoms with van der Waals surface area (Å²) in [5.74, 6) is 1.29. The van der Waals surface area contributed by atoms with E-state index in [1.165, 1.54) is 0 Å². The van der Waals surface area contributed by atoms with Crippen LogP contribution in [0.25, 0.3) is 22.2 Å². The highest BCUT2D eigenvalue weighted by molar-refractivity contribution is 7.89. The molecular weight excluding hydrogens is 374 g/mol. The van der Waals surface area contributed by atoms with Gasteiger partial charge in [-0.25, -0.2) is 18.1 Å². The molecule has 0 bridgehead atoms. The first-order valence-electron chi connectivity index (χ1n) is 8.94. The Labute approximate surface area is 163 Å². The highest BCUT2D eigenvalue weighted by Gasteiger charge is 2.15. The third-order valence-electron chi connectivity index (χ3n) is 4.63. The van der Waals surface area contributed by atoms with Crippen LogP contribution < -0.4 is 4.72 Å². The van der Waals surface area contributed by atoms with Crippen LogP contribution in [0, 0.1) is 20.8 Å². The predicted molar refractivity (Wildman–Crippen MR) is 108 cm³/mol. The van der Waals surface area contributed by atoms with Crippen molar-refractivity contribution >= 4 is 20.9 Å². The minimum atomic E-state index is -3.61. The minimum absolute atomic E-state index is 0.215. The molecule has 0 unspecified atom stereocenters. The summed E-state index contributed by atoms with van der Waals surface area (Å²) >= 11 is 0. The molecule has 2 N–H and O–H groups in total. The lowest BCUT2D eigenvalue weighted by Crippen LogP contribution is -2.23. The lowest BCUT2D eigenvalue weighted by Gasteiger charge is -2.08. The standard InChI is InChI=1S/C21H21N3O3S/c1-13-10-18-11-16(4-9-20(18)23-13)12-22-28(25,26)19-7-5-17(6-8-19)21-14(2)27-15(3)24-21/h4-11,22-23H,12H2,1-3H3. The summed E-state index contributed by atoms with van der Waals surface area (Å²) in [6.07, 6.45) is 0. The molecule has 0 spiro atoms. The largest absolute Gasteiger partial charge is 0.446 e. The maximum atomic E-state index is 12.6. The molecule has 0 aliphatic rings. The Hall–Kier alpha value is -2.90. The van der Waals surface area contributed by atoms with E-state index in [1.807, 2.05) is 38.1 Å². The van der Waals surface area contributed by atoms with E-state index in [-0.39, 0.29) is 11.4 Å². The molecule has 0 fully saturated rings. The van der Waals surface area contributed by atoms with Gasteiger partial charge in [0.05, 0.1) is 4.90 Å². The highest BCUT2D eigenvalue weighted by Crippen LogP contribution is 2.24. The van der Waals surface area contributed by atoms with E-state index >= 15 is 0 Å². The molecule has 0 saturated carbocycles. The van der Waals surface area contributed by atoms with E-state index in [0.717, 1.165) is 33.4 Å². The van der Waals surface area contributed by atoms with Crippen LogP contribution in [0.15, 0.2) is 57.8 Å². The molecule has 2 aromatic carbocycles. The van der Waals surface area contributed by atoms with Gasteiger partial charge in [0, 0.05) is 30.2 Å². The second-order valence-corrected chi connectivity index (χ2v) is 8.63. The van der Waals surface area contributed by atoms with Crippen molar-refractivity contribution in [3.63, 3.8) is 0 Å². The van der Waals surface area contributed by atoms with Crippen molar-refractivity contribution < 1.29 is 12.8 Å². The molecule has 0 aliphatic heterocycles. The molecule has 0 saturated heterocycles. The Kier molecular flexibility index (Phi) is 4.56. The van der Waals surface area contributed by atoms with E-state index in [2.05, 4.69) is 14.7 Å². The zero-order valence-electron chi connectivity index (χ0n) is 15.9. The van der Waals surface area contributed by atoms with Crippen molar-refractivity contribution in [2.45, 2.75) is 32.2 Å². The van der Waals surface area contributed by atoms with Crippen LogP contribution in [0.3, 0.4) is 0 Å². The van der Waals surface area contributed by atoms with Gasteiger partial charge in [0.15, 0.2) is 5.89 Å². The van der Waals surface area contributed by atoms with E-state index in [1.54, 1.807) is 31.2 Å². The number of sulfonamides is 1. The highest BCUT2D eigenvalue weighted by atomic mass is 32.2. The summed E-state index contributed by atoms with van der Waals surface area (Å²) in [4.78, 5) is 7.81. The third kappa shape index (κ3) is 3.58. The van der Waals surface area contributed by atoms with E-state index in [9.17, 15) is 8.42 Å². The monoisotopic (exact) mass is 395 g/mol. The summed E-state index contributed by atoms with van der Waals surface area (Å²) in [5, 5.41) is 1.07. The zero-order chi connectivity index (χ0) is 19.9. The molecule has 0 aliphatic carbocycles. The minimum Gasteiger partial charge on any atom is -0.446 e. The lowest BCUT2D eigenvalue weighted by atomic mass is 10.1. The molecule has 6 nitrogen and oxygen atoms in total. The van der Waals surface area contributed by atoms with Crippen molar-refractivity contribution in [1.29, 1.82) is 0 Å². The fraction of sp³-hybridized carbons (Fsp3) is 0.190. The van der Waals surface area contributed by atoms with Crippen molar-refractivity contribution in [1.82, 2.24) is 14.7 Å². The normalized spacial score (nSPS) is 12.0. The molecule has 0 radical (unpaired) electrons. The van der Waals surface area contributed by atoms with Crippen LogP contribution in [0.5, 0.6) is 0 Å². The van der Waals surface area contributed by atoms with Gasteiger partial charge in [-0.1, -0.05) is 18.2 Å². The Balaban J connectivity index is 1.51. The summed E-state index contributed by atoms with van der Waals surface area (Å²) in [6, 6.07) is 14.6. The number of hydrogen-bond acceptors (Lipinski definition) is 4. The fourth-order valence-corrected chi connectivity index (χ4v) is 4.31. The summed E-state index contributed by atoms with van der Waals surface area (Å²) in [5.41, 5.74) is 4.56. The Morgan fingerprint density at radius 1 is 1.04 bits per heavy atom. The number of aromatic nitrogens is 2. The van der Waals surface area contributed by atoms with Gasteiger partial charge in [-0.3, -0.25) is 0 Å². The molecular formula is C21H21N3O3S. The number of aromatic amines is 1. The first-order valence-corrected chi connectivity index (χ1v) is 10.4. The first kappa shape index (κ1) is 18.5. The summed E-state index contributed by atoms with van der Waals surface area (Å²) < 4.78 is 33.4. The average Bonchev–Trinajstić information content (AvgIpc) is 3.20. The Morgan fingerprint density at radius 3 is 2.46 bits per heavy atom. The van der Waals surface area contributed by atoms with Crippen LogP contribution in [0.1, 0.15) is 22.9 Å². The molecule has 2 heterocycles. The topological polar surface area (TPSA) is 88.0 Å². The van der Waals surface area contributed by atoms with Gasteiger partial charge >= 0.3 is 0 Å². The number of hydrogen-bond donors (Lipinski definition) is 2. The molecule has 0 amide bonds. The number of oxazole rings is 1. The SMILES string of the molecule is Cc1cc2cc(CNS(=O)(=O)c3ccc(-c4nc(C)oc4C)cc3)ccc2[nH]1. The molecule has 4 rings (SSSR count). The maximum absolute atomic E-state index is 12.6. The van der Waals surface area contributed by atoms with Crippen LogP contribution in [0.4, 0.5) is 0 Å². The van der Waals surface area contributed by atoms with Crippen LogP contribution in [-0.4, -0.2) is 18.4 Å². The van der Waals surface area contributed by atoms with Gasteiger partial charge in [0.1, 0.15) is 11.5 Å². The van der Waals surface area contributed by atoms with Crippen LogP contribution in [0.2, 0.25) is 0 Å². The number of nitrogens with one attached hydrogen (secondary N) is 2. The second-order valence-electron chi connectivity index (χ2n) is 6.86. The lowest BCUT2D eigenvalue weighted by molar-refractivity contribution is 0.495. The predicted octanol–water partition coefficient (Wildman–Crippen LogP) is 4.23. The first-order chi connectivity index (χ1) is 13.3. The number of benzene rings is 2. The Morgan fingerprint density at radius 2 is 1.79 bits per heavy atom. The Bertz CT molecular complexity index is 1250. The zero-order valence-corrected chi connectivity index (χ0v) is 16.7. The molecule has 28 heavy (non-hydrogen) atoms. The average molecular weight is 395 g/mol. The van der Waals surface area contributed by atoms with Crippen molar-refractivity contribution in [2.24, 2.45) is 0 Å². The van der Waals surface area contributed by atoms with E-state index in [4.69, 9.17) is 4.42 Å². The molecule has 0 atom stereocenters. The van der Waals surface area contributed by atoms with Crippen LogP contribution in [-0.2, 0) is 16.6 Å². The van der Waals surface area contributed by atoms with Crippen LogP contribution >= 0.6 is 0 Å². The fourth-order valence-electron chi connectivity index (χ4n) is 3.29. The van der Waals surface area contributed by atoms with Gasteiger partial charge in [-0.05, 0) is 55.1 Å².